The van der Waals surface area contributed by atoms with E-state index in [1.165, 1.54) is 6.92 Å². The van der Waals surface area contributed by atoms with Gasteiger partial charge in [0, 0.05) is 5.56 Å². The quantitative estimate of drug-likeness (QED) is 0.708. The highest BCUT2D eigenvalue weighted by Gasteiger charge is 2.27. The number of rotatable bonds is 1. The van der Waals surface area contributed by atoms with E-state index in [2.05, 4.69) is 0 Å². The van der Waals surface area contributed by atoms with Crippen LogP contribution in [0.3, 0.4) is 0 Å². The predicted molar refractivity (Wildman–Crippen MR) is 47.0 cm³/mol. The number of ketones is 1. The maximum Gasteiger partial charge on any atom is 0.140 e. The number of aromatic hydroxyl groups is 1. The van der Waals surface area contributed by atoms with Gasteiger partial charge in [-0.05, 0) is 25.1 Å². The molecule has 13 heavy (non-hydrogen) atoms. The first-order chi connectivity index (χ1) is 6.18. The van der Waals surface area contributed by atoms with Crippen molar-refractivity contribution in [1.82, 2.24) is 0 Å². The number of fused-ring (bicyclic) bond motifs is 1. The standard InChI is InChI=1S/C10H10O3/c1-6(11)9-5-13-10-3-2-7(12)4-8(9)10/h2-4,9,12H,5H2,1H3. The summed E-state index contributed by atoms with van der Waals surface area (Å²) < 4.78 is 5.30. The Morgan fingerprint density at radius 1 is 1.62 bits per heavy atom. The van der Waals surface area contributed by atoms with Crippen LogP contribution in [0.4, 0.5) is 0 Å². The molecule has 3 heteroatoms. The summed E-state index contributed by atoms with van der Waals surface area (Å²) in [4.78, 5) is 11.2. The molecule has 0 saturated heterocycles. The molecule has 1 N–H and O–H groups in total. The van der Waals surface area contributed by atoms with Crippen LogP contribution in [0.5, 0.6) is 11.5 Å². The molecule has 2 rings (SSSR count). The van der Waals surface area contributed by atoms with E-state index in [9.17, 15) is 9.90 Å². The van der Waals surface area contributed by atoms with Crippen LogP contribution < -0.4 is 4.74 Å². The summed E-state index contributed by atoms with van der Waals surface area (Å²) in [6.45, 7) is 1.93. The summed E-state index contributed by atoms with van der Waals surface area (Å²) >= 11 is 0. The van der Waals surface area contributed by atoms with Crippen LogP contribution in [0.2, 0.25) is 0 Å². The van der Waals surface area contributed by atoms with E-state index in [-0.39, 0.29) is 17.5 Å². The molecule has 1 aromatic rings. The third-order valence-electron chi connectivity index (χ3n) is 2.27. The lowest BCUT2D eigenvalue weighted by Gasteiger charge is -2.02. The average Bonchev–Trinajstić information content (AvgIpc) is 2.46. The highest BCUT2D eigenvalue weighted by atomic mass is 16.5. The van der Waals surface area contributed by atoms with Gasteiger partial charge in [-0.1, -0.05) is 0 Å². The van der Waals surface area contributed by atoms with Gasteiger partial charge in [0.2, 0.25) is 0 Å². The van der Waals surface area contributed by atoms with Crippen molar-refractivity contribution in [3.63, 3.8) is 0 Å². The molecule has 0 bridgehead atoms. The van der Waals surface area contributed by atoms with Gasteiger partial charge >= 0.3 is 0 Å². The first-order valence-electron chi connectivity index (χ1n) is 4.14. The highest BCUT2D eigenvalue weighted by Crippen LogP contribution is 2.36. The third-order valence-corrected chi connectivity index (χ3v) is 2.27. The van der Waals surface area contributed by atoms with Crippen molar-refractivity contribution in [1.29, 1.82) is 0 Å². The number of hydrogen-bond donors (Lipinski definition) is 1. The number of hydrogen-bond acceptors (Lipinski definition) is 3. The van der Waals surface area contributed by atoms with E-state index in [0.29, 0.717) is 12.4 Å². The second-order valence-corrected chi connectivity index (χ2v) is 3.20. The fourth-order valence-electron chi connectivity index (χ4n) is 1.54. The lowest BCUT2D eigenvalue weighted by molar-refractivity contribution is -0.118. The fourth-order valence-corrected chi connectivity index (χ4v) is 1.54. The highest BCUT2D eigenvalue weighted by molar-refractivity contribution is 5.85. The first-order valence-corrected chi connectivity index (χ1v) is 4.14. The molecular formula is C10H10O3. The fraction of sp³-hybridized carbons (Fsp3) is 0.300. The summed E-state index contributed by atoms with van der Waals surface area (Å²) in [6, 6.07) is 4.84. The number of carbonyl (C=O) groups excluding carboxylic acids is 1. The number of carbonyl (C=O) groups is 1. The SMILES string of the molecule is CC(=O)C1COc2ccc(O)cc21. The normalized spacial score (nSPS) is 19.3. The van der Waals surface area contributed by atoms with E-state index in [1.807, 2.05) is 0 Å². The first kappa shape index (κ1) is 8.10. The summed E-state index contributed by atoms with van der Waals surface area (Å²) in [5.41, 5.74) is 0.799. The van der Waals surface area contributed by atoms with Crippen LogP contribution in [-0.4, -0.2) is 17.5 Å². The van der Waals surface area contributed by atoms with E-state index >= 15 is 0 Å². The number of benzene rings is 1. The number of Topliss-reactive ketones (excluding diaryl/α,β-unsaturated/α-hetero) is 1. The van der Waals surface area contributed by atoms with Crippen molar-refractivity contribution in [2.45, 2.75) is 12.8 Å². The van der Waals surface area contributed by atoms with Gasteiger partial charge in [0.05, 0.1) is 5.92 Å². The molecule has 0 fully saturated rings. The molecule has 3 nitrogen and oxygen atoms in total. The maximum atomic E-state index is 11.2. The van der Waals surface area contributed by atoms with Gasteiger partial charge in [0.1, 0.15) is 23.9 Å². The molecule has 0 aliphatic carbocycles. The summed E-state index contributed by atoms with van der Waals surface area (Å²) in [5.74, 6) is 0.750. The van der Waals surface area contributed by atoms with Crippen molar-refractivity contribution in [2.24, 2.45) is 0 Å². The topological polar surface area (TPSA) is 46.5 Å². The van der Waals surface area contributed by atoms with Crippen molar-refractivity contribution >= 4 is 5.78 Å². The zero-order valence-electron chi connectivity index (χ0n) is 7.28. The zero-order chi connectivity index (χ0) is 9.42. The Labute approximate surface area is 76.0 Å². The Kier molecular flexibility index (Phi) is 1.72. The summed E-state index contributed by atoms with van der Waals surface area (Å²) in [7, 11) is 0. The lowest BCUT2D eigenvalue weighted by atomic mass is 9.98. The zero-order valence-corrected chi connectivity index (χ0v) is 7.28. The monoisotopic (exact) mass is 178 g/mol. The minimum absolute atomic E-state index is 0.0735. The van der Waals surface area contributed by atoms with Gasteiger partial charge in [0.25, 0.3) is 0 Å². The molecule has 0 spiro atoms. The predicted octanol–water partition coefficient (Wildman–Crippen LogP) is 1.46. The van der Waals surface area contributed by atoms with E-state index in [4.69, 9.17) is 4.74 Å². The second-order valence-electron chi connectivity index (χ2n) is 3.20. The van der Waals surface area contributed by atoms with Gasteiger partial charge < -0.3 is 9.84 Å². The van der Waals surface area contributed by atoms with Crippen LogP contribution >= 0.6 is 0 Å². The molecule has 0 amide bonds. The molecule has 1 aliphatic heterocycles. The molecule has 0 aromatic heterocycles. The van der Waals surface area contributed by atoms with E-state index in [1.54, 1.807) is 18.2 Å². The van der Waals surface area contributed by atoms with Gasteiger partial charge in [-0.2, -0.15) is 0 Å². The van der Waals surface area contributed by atoms with Crippen LogP contribution in [0.1, 0.15) is 18.4 Å². The smallest absolute Gasteiger partial charge is 0.140 e. The Bertz CT molecular complexity index is 357. The Hall–Kier alpha value is -1.51. The van der Waals surface area contributed by atoms with Gasteiger partial charge in [-0.15, -0.1) is 0 Å². The van der Waals surface area contributed by atoms with Gasteiger partial charge in [-0.3, -0.25) is 4.79 Å². The Balaban J connectivity index is 2.46. The molecule has 0 saturated carbocycles. The largest absolute Gasteiger partial charge is 0.508 e. The number of phenols is 1. The molecule has 1 atom stereocenters. The minimum atomic E-state index is -0.206. The van der Waals surface area contributed by atoms with Gasteiger partial charge in [-0.25, -0.2) is 0 Å². The number of phenolic OH excluding ortho intramolecular Hbond substituents is 1. The third kappa shape index (κ3) is 1.26. The maximum absolute atomic E-state index is 11.2. The molecule has 1 unspecified atom stereocenters. The Morgan fingerprint density at radius 3 is 3.08 bits per heavy atom. The minimum Gasteiger partial charge on any atom is -0.508 e. The van der Waals surface area contributed by atoms with Crippen LogP contribution in [0.15, 0.2) is 18.2 Å². The van der Waals surface area contributed by atoms with Crippen molar-refractivity contribution < 1.29 is 14.6 Å². The average molecular weight is 178 g/mol. The van der Waals surface area contributed by atoms with Crippen molar-refractivity contribution in [2.75, 3.05) is 6.61 Å². The molecule has 1 aromatic carbocycles. The Morgan fingerprint density at radius 2 is 2.38 bits per heavy atom. The molecule has 68 valence electrons. The second kappa shape index (κ2) is 2.76. The number of ether oxygens (including phenoxy) is 1. The van der Waals surface area contributed by atoms with Crippen molar-refractivity contribution in [3.8, 4) is 11.5 Å². The van der Waals surface area contributed by atoms with Crippen LogP contribution in [-0.2, 0) is 4.79 Å². The lowest BCUT2D eigenvalue weighted by Crippen LogP contribution is -2.09. The molecule has 0 radical (unpaired) electrons. The summed E-state index contributed by atoms with van der Waals surface area (Å²) in [6.07, 6.45) is 0. The van der Waals surface area contributed by atoms with Crippen molar-refractivity contribution in [3.05, 3.63) is 23.8 Å². The van der Waals surface area contributed by atoms with E-state index in [0.717, 1.165) is 5.56 Å². The van der Waals surface area contributed by atoms with Gasteiger partial charge in [0.15, 0.2) is 0 Å². The molecule has 1 aliphatic rings. The molecule has 1 heterocycles. The molecular weight excluding hydrogens is 168 g/mol. The van der Waals surface area contributed by atoms with Crippen LogP contribution in [0, 0.1) is 0 Å². The van der Waals surface area contributed by atoms with E-state index < -0.39 is 0 Å². The summed E-state index contributed by atoms with van der Waals surface area (Å²) in [5, 5.41) is 9.23. The van der Waals surface area contributed by atoms with Crippen LogP contribution in [0.25, 0.3) is 0 Å².